The van der Waals surface area contributed by atoms with E-state index in [9.17, 15) is 19.5 Å². The fourth-order valence-electron chi connectivity index (χ4n) is 4.28. The minimum Gasteiger partial charge on any atom is -0.490 e. The molecule has 0 fully saturated rings. The number of ether oxygens (including phenoxy) is 2. The number of aromatic nitrogens is 1. The van der Waals surface area contributed by atoms with Crippen LogP contribution in [-0.4, -0.2) is 64.8 Å². The molecule has 39 heavy (non-hydrogen) atoms. The Morgan fingerprint density at radius 1 is 1.15 bits per heavy atom. The van der Waals surface area contributed by atoms with Crippen molar-refractivity contribution >= 4 is 23.5 Å². The lowest BCUT2D eigenvalue weighted by atomic mass is 9.84. The lowest BCUT2D eigenvalue weighted by Gasteiger charge is -2.26. The quantitative estimate of drug-likeness (QED) is 0.259. The Kier molecular flexibility index (Phi) is 9.66. The zero-order valence-electron chi connectivity index (χ0n) is 23.3. The number of amidine groups is 1. The molecule has 3 rings (SSSR count). The van der Waals surface area contributed by atoms with Gasteiger partial charge in [0.25, 0.3) is 0 Å². The molecule has 0 radical (unpaired) electrons. The van der Waals surface area contributed by atoms with Crippen molar-refractivity contribution in [3.63, 3.8) is 0 Å². The number of carboxylic acids is 1. The normalized spacial score (nSPS) is 12.7. The van der Waals surface area contributed by atoms with Crippen LogP contribution >= 0.6 is 0 Å². The summed E-state index contributed by atoms with van der Waals surface area (Å²) in [6, 6.07) is 7.22. The van der Waals surface area contributed by atoms with Gasteiger partial charge < -0.3 is 24.8 Å². The molecule has 2 heterocycles. The molecule has 2 aromatic rings. The number of unbranched alkanes of at least 4 members (excludes halogenated alkanes) is 1. The van der Waals surface area contributed by atoms with Gasteiger partial charge in [-0.15, -0.1) is 0 Å². The molecule has 1 amide bonds. The second kappa shape index (κ2) is 12.7. The van der Waals surface area contributed by atoms with Crippen LogP contribution in [0.4, 0.5) is 0 Å². The maximum Gasteiger partial charge on any atom is 0.341 e. The molecule has 3 N–H and O–H groups in total. The maximum absolute atomic E-state index is 13.5. The molecular formula is C29H38N4O6. The molecule has 0 spiro atoms. The predicted molar refractivity (Wildman–Crippen MR) is 147 cm³/mol. The van der Waals surface area contributed by atoms with E-state index in [-0.39, 0.29) is 24.1 Å². The van der Waals surface area contributed by atoms with E-state index in [1.54, 1.807) is 17.0 Å². The van der Waals surface area contributed by atoms with Gasteiger partial charge >= 0.3 is 5.97 Å². The molecule has 0 atom stereocenters. The summed E-state index contributed by atoms with van der Waals surface area (Å²) in [5.74, 6) is -0.613. The van der Waals surface area contributed by atoms with Gasteiger partial charge in [-0.05, 0) is 42.9 Å². The van der Waals surface area contributed by atoms with Crippen molar-refractivity contribution in [1.29, 1.82) is 5.41 Å². The number of ketones is 1. The Morgan fingerprint density at radius 2 is 1.90 bits per heavy atom. The fraction of sp³-hybridized carbons (Fsp3) is 0.483. The Labute approximate surface area is 229 Å². The number of aryl methyl sites for hydroxylation is 1. The highest BCUT2D eigenvalue weighted by Gasteiger charge is 2.30. The molecule has 0 saturated heterocycles. The number of pyridine rings is 1. The minimum atomic E-state index is -1.12. The minimum absolute atomic E-state index is 0.00821. The number of carbonyl (C=O) groups excluding carboxylic acids is 2. The summed E-state index contributed by atoms with van der Waals surface area (Å²) in [5, 5.41) is 20.5. The number of carbonyl (C=O) groups is 3. The van der Waals surface area contributed by atoms with Crippen molar-refractivity contribution in [1.82, 2.24) is 15.2 Å². The van der Waals surface area contributed by atoms with E-state index in [1.807, 2.05) is 39.8 Å². The van der Waals surface area contributed by atoms with Gasteiger partial charge in [0, 0.05) is 42.4 Å². The molecular weight excluding hydrogens is 500 g/mol. The summed E-state index contributed by atoms with van der Waals surface area (Å²) >= 11 is 0. The highest BCUT2D eigenvalue weighted by molar-refractivity contribution is 6.04. The highest BCUT2D eigenvalue weighted by Crippen LogP contribution is 2.40. The van der Waals surface area contributed by atoms with Crippen LogP contribution in [-0.2, 0) is 28.0 Å². The van der Waals surface area contributed by atoms with Crippen molar-refractivity contribution in [2.75, 3.05) is 26.3 Å². The summed E-state index contributed by atoms with van der Waals surface area (Å²) in [4.78, 5) is 42.2. The topological polar surface area (TPSA) is 142 Å². The number of carboxylic acid groups (broad SMARTS) is 1. The van der Waals surface area contributed by atoms with E-state index in [1.165, 1.54) is 6.92 Å². The summed E-state index contributed by atoms with van der Waals surface area (Å²) in [6.07, 6.45) is 2.10. The SMILES string of the molecule is CCc1ccc2c(n1)C(=N)N(CC(=O)c1cc(OCCCCNC(C)=O)c(OCC(=O)O)c(C(C)(C)C)c1)C2. The van der Waals surface area contributed by atoms with E-state index >= 15 is 0 Å². The van der Waals surface area contributed by atoms with Gasteiger partial charge in [0.05, 0.1) is 13.2 Å². The second-order valence-corrected chi connectivity index (χ2v) is 10.6. The third-order valence-electron chi connectivity index (χ3n) is 6.36. The van der Waals surface area contributed by atoms with E-state index in [4.69, 9.17) is 14.9 Å². The molecule has 0 saturated carbocycles. The van der Waals surface area contributed by atoms with Gasteiger partial charge in [0.1, 0.15) is 11.5 Å². The monoisotopic (exact) mass is 538 g/mol. The van der Waals surface area contributed by atoms with Gasteiger partial charge in [-0.1, -0.05) is 33.8 Å². The van der Waals surface area contributed by atoms with Crippen LogP contribution in [0.2, 0.25) is 0 Å². The first-order valence-electron chi connectivity index (χ1n) is 13.2. The predicted octanol–water partition coefficient (Wildman–Crippen LogP) is 3.72. The first-order valence-corrected chi connectivity index (χ1v) is 13.2. The number of nitrogens with one attached hydrogen (secondary N) is 2. The lowest BCUT2D eigenvalue weighted by molar-refractivity contribution is -0.139. The van der Waals surface area contributed by atoms with Crippen LogP contribution in [0.1, 0.15) is 80.3 Å². The summed E-state index contributed by atoms with van der Waals surface area (Å²) < 4.78 is 11.7. The number of rotatable bonds is 13. The van der Waals surface area contributed by atoms with Crippen molar-refractivity contribution < 1.29 is 29.0 Å². The molecule has 1 aromatic carbocycles. The van der Waals surface area contributed by atoms with Crippen molar-refractivity contribution in [2.45, 2.75) is 65.8 Å². The smallest absolute Gasteiger partial charge is 0.341 e. The summed E-state index contributed by atoms with van der Waals surface area (Å²) in [6.45, 7) is 10.0. The van der Waals surface area contributed by atoms with E-state index < -0.39 is 18.0 Å². The van der Waals surface area contributed by atoms with Gasteiger partial charge in [0.15, 0.2) is 23.9 Å². The summed E-state index contributed by atoms with van der Waals surface area (Å²) in [5.41, 5.74) is 2.99. The standard InChI is InChI=1S/C29H38N4O6/c1-6-21-10-9-19-15-33(28(30)26(19)32-21)16-23(35)20-13-22(29(3,4)5)27(39-17-25(36)37)24(14-20)38-12-8-7-11-31-18(2)34/h9-10,13-14,30H,6-8,11-12,15-17H2,1-5H3,(H,31,34)(H,36,37). The molecule has 0 bridgehead atoms. The maximum atomic E-state index is 13.5. The van der Waals surface area contributed by atoms with Crippen molar-refractivity contribution in [3.05, 3.63) is 52.3 Å². The third kappa shape index (κ3) is 7.78. The number of amides is 1. The first-order chi connectivity index (χ1) is 18.4. The zero-order valence-corrected chi connectivity index (χ0v) is 23.3. The molecule has 1 aromatic heterocycles. The van der Waals surface area contributed by atoms with Crippen LogP contribution in [0, 0.1) is 5.41 Å². The van der Waals surface area contributed by atoms with E-state index in [2.05, 4.69) is 10.3 Å². The number of benzene rings is 1. The number of aliphatic carboxylic acids is 1. The molecule has 10 nitrogen and oxygen atoms in total. The van der Waals surface area contributed by atoms with Crippen LogP contribution in [0.15, 0.2) is 24.3 Å². The third-order valence-corrected chi connectivity index (χ3v) is 6.36. The lowest BCUT2D eigenvalue weighted by Crippen LogP contribution is -2.30. The van der Waals surface area contributed by atoms with Gasteiger partial charge in [0.2, 0.25) is 5.91 Å². The van der Waals surface area contributed by atoms with Crippen LogP contribution in [0.5, 0.6) is 11.5 Å². The van der Waals surface area contributed by atoms with Crippen LogP contribution in [0.25, 0.3) is 0 Å². The number of hydrogen-bond acceptors (Lipinski definition) is 7. The molecule has 0 aliphatic carbocycles. The Morgan fingerprint density at radius 3 is 2.54 bits per heavy atom. The second-order valence-electron chi connectivity index (χ2n) is 10.6. The van der Waals surface area contributed by atoms with Gasteiger partial charge in [-0.25, -0.2) is 9.78 Å². The van der Waals surface area contributed by atoms with E-state index in [0.717, 1.165) is 17.7 Å². The van der Waals surface area contributed by atoms with Crippen LogP contribution in [0.3, 0.4) is 0 Å². The number of nitrogens with zero attached hydrogens (tertiary/aromatic N) is 2. The Balaban J connectivity index is 1.85. The number of fused-ring (bicyclic) bond motifs is 1. The van der Waals surface area contributed by atoms with Gasteiger partial charge in [-0.2, -0.15) is 0 Å². The van der Waals surface area contributed by atoms with Crippen molar-refractivity contribution in [2.24, 2.45) is 0 Å². The molecule has 0 unspecified atom stereocenters. The van der Waals surface area contributed by atoms with E-state index in [0.29, 0.717) is 60.9 Å². The average Bonchev–Trinajstić information content (AvgIpc) is 3.17. The van der Waals surface area contributed by atoms with Crippen LogP contribution < -0.4 is 14.8 Å². The first kappa shape index (κ1) is 29.6. The number of hydrogen-bond donors (Lipinski definition) is 3. The Hall–Kier alpha value is -3.95. The fourth-order valence-corrected chi connectivity index (χ4v) is 4.28. The largest absolute Gasteiger partial charge is 0.490 e. The number of Topliss-reactive ketones (excluding diaryl/α,β-unsaturated/α-hetero) is 1. The molecule has 210 valence electrons. The van der Waals surface area contributed by atoms with Gasteiger partial charge in [-0.3, -0.25) is 15.0 Å². The Bertz CT molecular complexity index is 1250. The molecule has 1 aliphatic heterocycles. The average molecular weight is 539 g/mol. The van der Waals surface area contributed by atoms with Crippen molar-refractivity contribution in [3.8, 4) is 11.5 Å². The molecule has 10 heteroatoms. The highest BCUT2D eigenvalue weighted by atomic mass is 16.5. The summed E-state index contributed by atoms with van der Waals surface area (Å²) in [7, 11) is 0. The zero-order chi connectivity index (χ0) is 28.7. The molecule has 1 aliphatic rings.